The van der Waals surface area contributed by atoms with Crippen LogP contribution in [0.5, 0.6) is 0 Å². The molecule has 0 aliphatic carbocycles. The van der Waals surface area contributed by atoms with E-state index in [2.05, 4.69) is 5.32 Å². The highest BCUT2D eigenvalue weighted by molar-refractivity contribution is 6.27. The van der Waals surface area contributed by atoms with Crippen LogP contribution >= 0.6 is 11.6 Å². The monoisotopic (exact) mass is 406 g/mol. The molecule has 1 aromatic carbocycles. The fourth-order valence-corrected chi connectivity index (χ4v) is 3.43. The molecule has 1 aliphatic heterocycles. The number of anilines is 1. The molecule has 2 aromatic rings. The highest BCUT2D eigenvalue weighted by atomic mass is 35.5. The van der Waals surface area contributed by atoms with Crippen molar-refractivity contribution in [1.82, 2.24) is 9.47 Å². The molecule has 0 unspecified atom stereocenters. The Morgan fingerprint density at radius 3 is 2.86 bits per heavy atom. The lowest BCUT2D eigenvalue weighted by molar-refractivity contribution is -0.132. The van der Waals surface area contributed by atoms with Gasteiger partial charge in [-0.15, -0.1) is 11.6 Å². The van der Waals surface area contributed by atoms with E-state index in [-0.39, 0.29) is 36.5 Å². The zero-order chi connectivity index (χ0) is 20.3. The van der Waals surface area contributed by atoms with Gasteiger partial charge in [0.2, 0.25) is 5.91 Å². The van der Waals surface area contributed by atoms with Crippen LogP contribution in [0.25, 0.3) is 10.9 Å². The van der Waals surface area contributed by atoms with Crippen molar-refractivity contribution in [3.05, 3.63) is 39.9 Å². The molecule has 0 bridgehead atoms. The van der Waals surface area contributed by atoms with Crippen molar-refractivity contribution in [2.24, 2.45) is 0 Å². The number of nitrogens with one attached hydrogen (secondary N) is 1. The first-order valence-electron chi connectivity index (χ1n) is 8.94. The average molecular weight is 407 g/mol. The lowest BCUT2D eigenvalue weighted by Crippen LogP contribution is -2.57. The van der Waals surface area contributed by atoms with Crippen LogP contribution in [0.3, 0.4) is 0 Å². The third kappa shape index (κ3) is 3.81. The molecule has 7 nitrogen and oxygen atoms in total. The maximum absolute atomic E-state index is 13.9. The summed E-state index contributed by atoms with van der Waals surface area (Å²) in [6.45, 7) is 3.66. The number of rotatable bonds is 7. The minimum atomic E-state index is -0.504. The van der Waals surface area contributed by atoms with Gasteiger partial charge < -0.3 is 19.5 Å². The minimum absolute atomic E-state index is 0.0438. The van der Waals surface area contributed by atoms with Crippen LogP contribution in [-0.4, -0.2) is 53.6 Å². The van der Waals surface area contributed by atoms with Gasteiger partial charge >= 0.3 is 0 Å². The smallest absolute Gasteiger partial charge is 0.271 e. The molecular formula is C19H20ClFN4O3. The highest BCUT2D eigenvalue weighted by Gasteiger charge is 2.31. The molecule has 0 atom stereocenters. The molecule has 0 spiro atoms. The topological polar surface area (TPSA) is 87.4 Å². The third-order valence-electron chi connectivity index (χ3n) is 4.70. The van der Waals surface area contributed by atoms with Crippen molar-refractivity contribution in [1.29, 1.82) is 5.26 Å². The van der Waals surface area contributed by atoms with E-state index in [1.165, 1.54) is 16.7 Å². The summed E-state index contributed by atoms with van der Waals surface area (Å²) in [5, 5.41) is 13.3. The predicted octanol–water partition coefficient (Wildman–Crippen LogP) is 1.91. The Morgan fingerprint density at radius 2 is 2.21 bits per heavy atom. The van der Waals surface area contributed by atoms with Gasteiger partial charge in [-0.25, -0.2) is 4.39 Å². The standard InChI is InChI=1S/C19H20ClFN4O3/c1-2-28-6-5-25-16-7-12(21)3-4-14(16)18(15(9-22)19(25)27)23-13-10-24(11-13)17(26)8-20/h3-4,7,13,23H,2,5-6,8,10-11H2,1H3. The number of likely N-dealkylation sites (tertiary alicyclic amines) is 1. The number of aromatic nitrogens is 1. The van der Waals surface area contributed by atoms with Crippen molar-refractivity contribution < 1.29 is 13.9 Å². The molecule has 2 heterocycles. The Labute approximate surface area is 166 Å². The normalized spacial score (nSPS) is 14.0. The molecule has 0 saturated carbocycles. The third-order valence-corrected chi connectivity index (χ3v) is 4.93. The number of hydrogen-bond acceptors (Lipinski definition) is 5. The number of nitrogens with zero attached hydrogens (tertiary/aromatic N) is 3. The quantitative estimate of drug-likeness (QED) is 0.560. The van der Waals surface area contributed by atoms with Gasteiger partial charge in [0.15, 0.2) is 0 Å². The fourth-order valence-electron chi connectivity index (χ4n) is 3.26. The van der Waals surface area contributed by atoms with Crippen LogP contribution in [-0.2, 0) is 16.1 Å². The lowest BCUT2D eigenvalue weighted by Gasteiger charge is -2.40. The SMILES string of the molecule is CCOCCn1c(=O)c(C#N)c(NC2CN(C(=O)CCl)C2)c2ccc(F)cc21. The first-order chi connectivity index (χ1) is 13.5. The molecule has 1 aromatic heterocycles. The number of benzene rings is 1. The summed E-state index contributed by atoms with van der Waals surface area (Å²) >= 11 is 5.55. The largest absolute Gasteiger partial charge is 0.380 e. The minimum Gasteiger partial charge on any atom is -0.380 e. The molecule has 1 N–H and O–H groups in total. The number of carbonyl (C=O) groups excluding carboxylic acids is 1. The number of alkyl halides is 1. The summed E-state index contributed by atoms with van der Waals surface area (Å²) in [6.07, 6.45) is 0. The van der Waals surface area contributed by atoms with Crippen LogP contribution in [0, 0.1) is 17.1 Å². The van der Waals surface area contributed by atoms with Crippen LogP contribution in [0.15, 0.2) is 23.0 Å². The zero-order valence-corrected chi connectivity index (χ0v) is 16.1. The summed E-state index contributed by atoms with van der Waals surface area (Å²) in [6, 6.07) is 5.96. The molecule has 0 radical (unpaired) electrons. The Balaban J connectivity index is 2.01. The molecule has 28 heavy (non-hydrogen) atoms. The van der Waals surface area contributed by atoms with Crippen molar-refractivity contribution >= 4 is 34.1 Å². The predicted molar refractivity (Wildman–Crippen MR) is 104 cm³/mol. The summed E-state index contributed by atoms with van der Waals surface area (Å²) in [7, 11) is 0. The number of carbonyl (C=O) groups is 1. The zero-order valence-electron chi connectivity index (χ0n) is 15.4. The maximum Gasteiger partial charge on any atom is 0.271 e. The van der Waals surface area contributed by atoms with Crippen molar-refractivity contribution in [2.75, 3.05) is 37.5 Å². The first-order valence-corrected chi connectivity index (χ1v) is 9.47. The summed E-state index contributed by atoms with van der Waals surface area (Å²) in [5.74, 6) is -0.734. The van der Waals surface area contributed by atoms with Crippen LogP contribution in [0.4, 0.5) is 10.1 Å². The van der Waals surface area contributed by atoms with Crippen molar-refractivity contribution in [3.8, 4) is 6.07 Å². The van der Waals surface area contributed by atoms with Crippen molar-refractivity contribution in [3.63, 3.8) is 0 Å². The fraction of sp³-hybridized carbons (Fsp3) is 0.421. The number of halogens is 2. The summed E-state index contributed by atoms with van der Waals surface area (Å²) in [4.78, 5) is 26.1. The molecule has 3 rings (SSSR count). The van der Waals surface area contributed by atoms with Gasteiger partial charge in [-0.2, -0.15) is 5.26 Å². The number of nitriles is 1. The number of fused-ring (bicyclic) bond motifs is 1. The van der Waals surface area contributed by atoms with Crippen LogP contribution in [0.1, 0.15) is 12.5 Å². The number of pyridine rings is 1. The molecule has 1 amide bonds. The number of amides is 1. The van der Waals surface area contributed by atoms with Gasteiger partial charge in [0.25, 0.3) is 5.56 Å². The van der Waals surface area contributed by atoms with E-state index < -0.39 is 11.4 Å². The number of ether oxygens (including phenoxy) is 1. The first kappa shape index (κ1) is 20.1. The van der Waals surface area contributed by atoms with E-state index in [1.54, 1.807) is 11.0 Å². The van der Waals surface area contributed by atoms with Gasteiger partial charge in [-0.05, 0) is 25.1 Å². The second kappa shape index (κ2) is 8.59. The van der Waals surface area contributed by atoms with E-state index in [1.807, 2.05) is 13.0 Å². The van der Waals surface area contributed by atoms with Crippen molar-refractivity contribution in [2.45, 2.75) is 19.5 Å². The molecule has 1 fully saturated rings. The summed E-state index contributed by atoms with van der Waals surface area (Å²) < 4.78 is 20.6. The van der Waals surface area contributed by atoms with Crippen LogP contribution in [0.2, 0.25) is 0 Å². The van der Waals surface area contributed by atoms with Gasteiger partial charge in [-0.3, -0.25) is 9.59 Å². The lowest BCUT2D eigenvalue weighted by atomic mass is 10.0. The van der Waals surface area contributed by atoms with E-state index in [0.29, 0.717) is 36.3 Å². The summed E-state index contributed by atoms with van der Waals surface area (Å²) in [5.41, 5.74) is 0.200. The van der Waals surface area contributed by atoms with Gasteiger partial charge in [0, 0.05) is 31.6 Å². The van der Waals surface area contributed by atoms with E-state index in [9.17, 15) is 19.2 Å². The Hall–Kier alpha value is -2.63. The van der Waals surface area contributed by atoms with Gasteiger partial charge in [0.05, 0.1) is 23.9 Å². The molecule has 1 aliphatic rings. The van der Waals surface area contributed by atoms with E-state index in [0.717, 1.165) is 0 Å². The molecule has 9 heteroatoms. The molecular weight excluding hydrogens is 387 g/mol. The second-order valence-electron chi connectivity index (χ2n) is 6.45. The van der Waals surface area contributed by atoms with Gasteiger partial charge in [0.1, 0.15) is 23.3 Å². The van der Waals surface area contributed by atoms with E-state index in [4.69, 9.17) is 16.3 Å². The number of hydrogen-bond donors (Lipinski definition) is 1. The van der Waals surface area contributed by atoms with Gasteiger partial charge in [-0.1, -0.05) is 0 Å². The highest BCUT2D eigenvalue weighted by Crippen LogP contribution is 2.28. The Morgan fingerprint density at radius 1 is 1.46 bits per heavy atom. The van der Waals surface area contributed by atoms with E-state index >= 15 is 0 Å². The van der Waals surface area contributed by atoms with Crippen LogP contribution < -0.4 is 10.9 Å². The maximum atomic E-state index is 13.9. The Kier molecular flexibility index (Phi) is 6.17. The second-order valence-corrected chi connectivity index (χ2v) is 6.72. The molecule has 1 saturated heterocycles. The molecule has 148 valence electrons. The Bertz CT molecular complexity index is 995. The average Bonchev–Trinajstić information content (AvgIpc) is 2.65.